The maximum absolute atomic E-state index is 12.5. The van der Waals surface area contributed by atoms with Crippen molar-refractivity contribution >= 4 is 26.0 Å². The maximum Gasteiger partial charge on any atom is 0.242 e. The molecule has 0 saturated heterocycles. The number of ether oxygens (including phenoxy) is 1. The van der Waals surface area contributed by atoms with Gasteiger partial charge < -0.3 is 4.74 Å². The first-order chi connectivity index (χ1) is 10.1. The van der Waals surface area contributed by atoms with Gasteiger partial charge in [-0.05, 0) is 34.1 Å². The van der Waals surface area contributed by atoms with E-state index in [4.69, 9.17) is 4.74 Å². The van der Waals surface area contributed by atoms with Crippen LogP contribution in [-0.4, -0.2) is 15.0 Å². The number of rotatable bonds is 3. The Balaban J connectivity index is 1.93. The van der Waals surface area contributed by atoms with Crippen molar-refractivity contribution in [2.45, 2.75) is 17.4 Å². The smallest absolute Gasteiger partial charge is 0.242 e. The molecule has 1 unspecified atom stereocenters. The van der Waals surface area contributed by atoms with Gasteiger partial charge in [0.05, 0.1) is 17.5 Å². The number of halogens is 1. The van der Waals surface area contributed by atoms with Crippen LogP contribution < -0.4 is 9.46 Å². The van der Waals surface area contributed by atoms with Crippen LogP contribution in [-0.2, 0) is 10.0 Å². The number of hydrogen-bond donors (Lipinski definition) is 1. The van der Waals surface area contributed by atoms with Crippen LogP contribution in [0.15, 0.2) is 57.9 Å². The van der Waals surface area contributed by atoms with E-state index < -0.39 is 10.0 Å². The van der Waals surface area contributed by atoms with Gasteiger partial charge in [0.15, 0.2) is 0 Å². The van der Waals surface area contributed by atoms with Crippen LogP contribution in [0.3, 0.4) is 0 Å². The second kappa shape index (κ2) is 5.79. The van der Waals surface area contributed by atoms with Crippen molar-refractivity contribution in [2.75, 3.05) is 6.61 Å². The number of benzene rings is 2. The van der Waals surface area contributed by atoms with E-state index in [1.807, 2.05) is 24.3 Å². The highest BCUT2D eigenvalue weighted by atomic mass is 79.9. The molecule has 0 spiro atoms. The fraction of sp³-hybridized carbons (Fsp3) is 0.200. The molecule has 3 rings (SSSR count). The molecular weight excluding hydrogens is 354 g/mol. The summed E-state index contributed by atoms with van der Waals surface area (Å²) in [4.78, 5) is 0.244. The van der Waals surface area contributed by atoms with Gasteiger partial charge in [0.25, 0.3) is 0 Å². The summed E-state index contributed by atoms with van der Waals surface area (Å²) in [6.45, 7) is 0.500. The molecule has 1 atom stereocenters. The Kier molecular flexibility index (Phi) is 4.01. The van der Waals surface area contributed by atoms with Crippen molar-refractivity contribution in [3.63, 3.8) is 0 Å². The number of para-hydroxylation sites is 1. The van der Waals surface area contributed by atoms with Crippen LogP contribution in [0.2, 0.25) is 0 Å². The summed E-state index contributed by atoms with van der Waals surface area (Å²) in [7, 11) is -3.59. The minimum Gasteiger partial charge on any atom is -0.493 e. The fourth-order valence-corrected chi connectivity index (χ4v) is 4.63. The molecule has 0 saturated carbocycles. The Morgan fingerprint density at radius 3 is 2.62 bits per heavy atom. The number of sulfonamides is 1. The number of nitrogens with one attached hydrogen (secondary N) is 1. The second-order valence-electron chi connectivity index (χ2n) is 4.78. The van der Waals surface area contributed by atoms with Crippen molar-refractivity contribution in [3.05, 3.63) is 58.6 Å². The summed E-state index contributed by atoms with van der Waals surface area (Å²) < 4.78 is 34.0. The highest BCUT2D eigenvalue weighted by Crippen LogP contribution is 2.33. The fourth-order valence-electron chi connectivity index (χ4n) is 2.38. The zero-order valence-corrected chi connectivity index (χ0v) is 13.5. The SMILES string of the molecule is O=S(=O)(NC1CCOc2ccccc21)c1ccccc1Br. The third-order valence-corrected chi connectivity index (χ3v) is 5.87. The molecule has 1 aliphatic rings. The number of fused-ring (bicyclic) bond motifs is 1. The molecule has 1 aliphatic heterocycles. The highest BCUT2D eigenvalue weighted by Gasteiger charge is 2.27. The summed E-state index contributed by atoms with van der Waals surface area (Å²) in [5.41, 5.74) is 0.874. The first-order valence-corrected chi connectivity index (χ1v) is 8.84. The standard InChI is InChI=1S/C15H14BrNO3S/c16-12-6-2-4-8-15(12)21(18,19)17-13-9-10-20-14-7-3-1-5-11(13)14/h1-8,13,17H,9-10H2. The van der Waals surface area contributed by atoms with Crippen molar-refractivity contribution in [2.24, 2.45) is 0 Å². The molecule has 0 amide bonds. The van der Waals surface area contributed by atoms with Crippen LogP contribution in [0.25, 0.3) is 0 Å². The van der Waals surface area contributed by atoms with Crippen LogP contribution in [0, 0.1) is 0 Å². The molecule has 21 heavy (non-hydrogen) atoms. The zero-order chi connectivity index (χ0) is 14.9. The third-order valence-electron chi connectivity index (χ3n) is 3.38. The molecule has 0 aliphatic carbocycles. The van der Waals surface area contributed by atoms with Crippen LogP contribution in [0.1, 0.15) is 18.0 Å². The van der Waals surface area contributed by atoms with Gasteiger partial charge in [-0.25, -0.2) is 13.1 Å². The molecule has 1 N–H and O–H groups in total. The van der Waals surface area contributed by atoms with Gasteiger partial charge >= 0.3 is 0 Å². The lowest BCUT2D eigenvalue weighted by Crippen LogP contribution is -2.32. The molecular formula is C15H14BrNO3S. The van der Waals surface area contributed by atoms with Crippen LogP contribution >= 0.6 is 15.9 Å². The molecule has 0 aromatic heterocycles. The topological polar surface area (TPSA) is 55.4 Å². The Labute approximate surface area is 132 Å². The minimum absolute atomic E-state index is 0.244. The molecule has 4 nitrogen and oxygen atoms in total. The van der Waals surface area contributed by atoms with Gasteiger partial charge in [-0.15, -0.1) is 0 Å². The van der Waals surface area contributed by atoms with Gasteiger partial charge in [0.1, 0.15) is 5.75 Å². The van der Waals surface area contributed by atoms with Crippen molar-refractivity contribution in [1.29, 1.82) is 0 Å². The predicted molar refractivity (Wildman–Crippen MR) is 83.8 cm³/mol. The van der Waals surface area contributed by atoms with Gasteiger partial charge in [0.2, 0.25) is 10.0 Å². The molecule has 6 heteroatoms. The minimum atomic E-state index is -3.59. The molecule has 2 aromatic rings. The van der Waals surface area contributed by atoms with E-state index >= 15 is 0 Å². The molecule has 110 valence electrons. The van der Waals surface area contributed by atoms with E-state index in [9.17, 15) is 8.42 Å². The Hall–Kier alpha value is -1.37. The van der Waals surface area contributed by atoms with E-state index in [1.54, 1.807) is 24.3 Å². The van der Waals surface area contributed by atoms with E-state index in [0.29, 0.717) is 17.5 Å². The maximum atomic E-state index is 12.5. The summed E-state index contributed by atoms with van der Waals surface area (Å²) in [5, 5.41) is 0. The van der Waals surface area contributed by atoms with Crippen molar-refractivity contribution in [1.82, 2.24) is 4.72 Å². The quantitative estimate of drug-likeness (QED) is 0.905. The zero-order valence-electron chi connectivity index (χ0n) is 11.1. The van der Waals surface area contributed by atoms with E-state index in [-0.39, 0.29) is 10.9 Å². The Morgan fingerprint density at radius 1 is 1.10 bits per heavy atom. The molecule has 2 aromatic carbocycles. The lowest BCUT2D eigenvalue weighted by Gasteiger charge is -2.26. The first-order valence-electron chi connectivity index (χ1n) is 6.56. The van der Waals surface area contributed by atoms with Crippen LogP contribution in [0.5, 0.6) is 5.75 Å². The Morgan fingerprint density at radius 2 is 1.81 bits per heavy atom. The lowest BCUT2D eigenvalue weighted by atomic mass is 10.0. The molecule has 0 fully saturated rings. The highest BCUT2D eigenvalue weighted by molar-refractivity contribution is 9.10. The first kappa shape index (κ1) is 14.6. The molecule has 0 bridgehead atoms. The van der Waals surface area contributed by atoms with E-state index in [2.05, 4.69) is 20.7 Å². The molecule has 1 heterocycles. The summed E-state index contributed by atoms with van der Waals surface area (Å²) >= 11 is 3.28. The molecule has 0 radical (unpaired) electrons. The normalized spacial score (nSPS) is 17.9. The summed E-state index contributed by atoms with van der Waals surface area (Å²) in [6.07, 6.45) is 0.612. The monoisotopic (exact) mass is 367 g/mol. The Bertz CT molecular complexity index is 761. The average molecular weight is 368 g/mol. The van der Waals surface area contributed by atoms with Gasteiger partial charge in [-0.3, -0.25) is 0 Å². The van der Waals surface area contributed by atoms with Crippen molar-refractivity contribution < 1.29 is 13.2 Å². The van der Waals surface area contributed by atoms with E-state index in [0.717, 1.165) is 11.3 Å². The summed E-state index contributed by atoms with van der Waals surface area (Å²) in [6, 6.07) is 14.0. The van der Waals surface area contributed by atoms with Gasteiger partial charge in [-0.2, -0.15) is 0 Å². The second-order valence-corrected chi connectivity index (χ2v) is 7.32. The van der Waals surface area contributed by atoms with Gasteiger partial charge in [-0.1, -0.05) is 30.3 Å². The van der Waals surface area contributed by atoms with Crippen molar-refractivity contribution in [3.8, 4) is 5.75 Å². The average Bonchev–Trinajstić information content (AvgIpc) is 2.47. The predicted octanol–water partition coefficient (Wildman–Crippen LogP) is 3.25. The number of hydrogen-bond acceptors (Lipinski definition) is 3. The third kappa shape index (κ3) is 2.97. The lowest BCUT2D eigenvalue weighted by molar-refractivity contribution is 0.263. The van der Waals surface area contributed by atoms with Crippen LogP contribution in [0.4, 0.5) is 0 Å². The largest absolute Gasteiger partial charge is 0.493 e. The van der Waals surface area contributed by atoms with E-state index in [1.165, 1.54) is 0 Å². The summed E-state index contributed by atoms with van der Waals surface area (Å²) in [5.74, 6) is 0.739. The van der Waals surface area contributed by atoms with Gasteiger partial charge in [0, 0.05) is 16.5 Å².